The van der Waals surface area contributed by atoms with E-state index in [0.29, 0.717) is 24.7 Å². The Morgan fingerprint density at radius 1 is 1.06 bits per heavy atom. The number of nitrogens with one attached hydrogen (secondary N) is 1. The molecule has 1 saturated carbocycles. The lowest BCUT2D eigenvalue weighted by molar-refractivity contribution is -0.131. The summed E-state index contributed by atoms with van der Waals surface area (Å²) in [6.45, 7) is 2.44. The molecule has 3 aliphatic rings. The summed E-state index contributed by atoms with van der Waals surface area (Å²) in [6.07, 6.45) is 8.19. The van der Waals surface area contributed by atoms with E-state index in [4.69, 9.17) is 4.98 Å². The van der Waals surface area contributed by atoms with E-state index in [2.05, 4.69) is 10.00 Å². The van der Waals surface area contributed by atoms with Crippen LogP contribution >= 0.6 is 0 Å². The number of fused-ring (bicyclic) bond motifs is 2. The largest absolute Gasteiger partial charge is 0.334 e. The highest BCUT2D eigenvalue weighted by Gasteiger charge is 2.33. The first-order chi connectivity index (χ1) is 16.2. The first kappa shape index (κ1) is 20.7. The van der Waals surface area contributed by atoms with Crippen molar-refractivity contribution in [2.45, 2.75) is 70.0 Å². The number of benzene rings is 1. The van der Waals surface area contributed by atoms with Crippen molar-refractivity contribution in [3.63, 3.8) is 0 Å². The average Bonchev–Trinajstić information content (AvgIpc) is 3.60. The number of hydrogen-bond acceptors (Lipinski definition) is 4. The molecule has 2 aromatic heterocycles. The van der Waals surface area contributed by atoms with Crippen molar-refractivity contribution >= 4 is 11.6 Å². The molecule has 0 unspecified atom stereocenters. The van der Waals surface area contributed by atoms with E-state index >= 15 is 0 Å². The highest BCUT2D eigenvalue weighted by Crippen LogP contribution is 2.32. The number of amides is 1. The SMILES string of the molecule is O=C(Cc1ccccc1)N1CCC[C@@H]1c1cc2nc3c(c(=O)n2[nH]1)CN(C1CCCC1)CC3. The van der Waals surface area contributed by atoms with Crippen molar-refractivity contribution in [2.75, 3.05) is 13.1 Å². The predicted molar refractivity (Wildman–Crippen MR) is 126 cm³/mol. The van der Waals surface area contributed by atoms with Gasteiger partial charge in [0.25, 0.3) is 5.56 Å². The van der Waals surface area contributed by atoms with Crippen LogP contribution in [0, 0.1) is 0 Å². The zero-order valence-corrected chi connectivity index (χ0v) is 19.0. The molecule has 33 heavy (non-hydrogen) atoms. The van der Waals surface area contributed by atoms with E-state index in [0.717, 1.165) is 54.9 Å². The van der Waals surface area contributed by atoms with Crippen LogP contribution in [0.5, 0.6) is 0 Å². The van der Waals surface area contributed by atoms with Crippen LogP contribution < -0.4 is 5.56 Å². The van der Waals surface area contributed by atoms with E-state index in [-0.39, 0.29) is 17.5 Å². The molecular weight excluding hydrogens is 414 g/mol. The number of rotatable bonds is 4. The maximum atomic E-state index is 13.4. The van der Waals surface area contributed by atoms with Gasteiger partial charge in [0.2, 0.25) is 5.91 Å². The molecule has 172 valence electrons. The number of aromatic amines is 1. The number of hydrogen-bond donors (Lipinski definition) is 1. The van der Waals surface area contributed by atoms with Crippen molar-refractivity contribution in [3.05, 3.63) is 69.3 Å². The summed E-state index contributed by atoms with van der Waals surface area (Å²) >= 11 is 0. The molecule has 2 aliphatic heterocycles. The zero-order valence-electron chi connectivity index (χ0n) is 19.0. The molecule has 1 atom stereocenters. The van der Waals surface area contributed by atoms with Gasteiger partial charge in [-0.3, -0.25) is 19.6 Å². The van der Waals surface area contributed by atoms with Crippen molar-refractivity contribution < 1.29 is 4.79 Å². The van der Waals surface area contributed by atoms with Crippen molar-refractivity contribution in [3.8, 4) is 0 Å². The average molecular weight is 446 g/mol. The lowest BCUT2D eigenvalue weighted by atomic mass is 10.0. The Balaban J connectivity index is 1.27. The summed E-state index contributed by atoms with van der Waals surface area (Å²) in [5.41, 5.74) is 4.41. The fourth-order valence-corrected chi connectivity index (χ4v) is 6.03. The van der Waals surface area contributed by atoms with Gasteiger partial charge in [0.15, 0.2) is 5.65 Å². The number of likely N-dealkylation sites (tertiary alicyclic amines) is 1. The number of nitrogens with zero attached hydrogens (tertiary/aromatic N) is 4. The molecule has 4 heterocycles. The quantitative estimate of drug-likeness (QED) is 0.669. The van der Waals surface area contributed by atoms with Gasteiger partial charge in [0.05, 0.1) is 29.4 Å². The smallest absolute Gasteiger partial charge is 0.277 e. The van der Waals surface area contributed by atoms with Crippen LogP contribution in [-0.2, 0) is 24.2 Å². The Kier molecular flexibility index (Phi) is 5.29. The molecule has 1 aromatic carbocycles. The van der Waals surface area contributed by atoms with Crippen molar-refractivity contribution in [1.82, 2.24) is 24.4 Å². The second-order valence-corrected chi connectivity index (χ2v) is 9.81. The highest BCUT2D eigenvalue weighted by atomic mass is 16.2. The molecule has 1 saturated heterocycles. The van der Waals surface area contributed by atoms with E-state index < -0.39 is 0 Å². The number of H-pyrrole nitrogens is 1. The second-order valence-electron chi connectivity index (χ2n) is 9.81. The Hall–Kier alpha value is -2.93. The molecule has 6 rings (SSSR count). The molecule has 2 fully saturated rings. The van der Waals surface area contributed by atoms with Crippen LogP contribution in [0.2, 0.25) is 0 Å². The second kappa shape index (κ2) is 8.45. The maximum absolute atomic E-state index is 13.4. The van der Waals surface area contributed by atoms with E-state index in [1.165, 1.54) is 25.7 Å². The number of aromatic nitrogens is 3. The van der Waals surface area contributed by atoms with Crippen LogP contribution in [-0.4, -0.2) is 49.4 Å². The summed E-state index contributed by atoms with van der Waals surface area (Å²) in [4.78, 5) is 35.8. The standard InChI is InChI=1S/C26H31N5O2/c32-25(15-18-7-2-1-3-8-18)30-13-6-11-23(30)22-16-24-27-21-12-14-29(19-9-4-5-10-19)17-20(21)26(33)31(24)28-22/h1-3,7-8,16,19,23,28H,4-6,9-15,17H2/t23-/m1/s1. The van der Waals surface area contributed by atoms with Gasteiger partial charge in [-0.2, -0.15) is 0 Å². The minimum Gasteiger partial charge on any atom is -0.334 e. The molecule has 0 radical (unpaired) electrons. The molecule has 1 aliphatic carbocycles. The molecule has 1 amide bonds. The van der Waals surface area contributed by atoms with Gasteiger partial charge in [0.1, 0.15) is 0 Å². The Morgan fingerprint density at radius 2 is 1.88 bits per heavy atom. The van der Waals surface area contributed by atoms with Crippen LogP contribution in [0.1, 0.15) is 67.1 Å². The summed E-state index contributed by atoms with van der Waals surface area (Å²) < 4.78 is 1.60. The topological polar surface area (TPSA) is 73.7 Å². The molecule has 1 N–H and O–H groups in total. The van der Waals surface area contributed by atoms with Crippen LogP contribution in [0.15, 0.2) is 41.2 Å². The summed E-state index contributed by atoms with van der Waals surface area (Å²) in [5.74, 6) is 0.133. The van der Waals surface area contributed by atoms with E-state index in [9.17, 15) is 9.59 Å². The molecule has 0 bridgehead atoms. The minimum atomic E-state index is -0.0330. The van der Waals surface area contributed by atoms with Gasteiger partial charge < -0.3 is 4.90 Å². The van der Waals surface area contributed by atoms with Crippen molar-refractivity contribution in [1.29, 1.82) is 0 Å². The van der Waals surface area contributed by atoms with E-state index in [1.807, 2.05) is 41.3 Å². The fourth-order valence-electron chi connectivity index (χ4n) is 6.03. The normalized spacial score (nSPS) is 21.7. The summed E-state index contributed by atoms with van der Waals surface area (Å²) in [5, 5.41) is 3.32. The lowest BCUT2D eigenvalue weighted by Crippen LogP contribution is -2.41. The minimum absolute atomic E-state index is 0.0177. The van der Waals surface area contributed by atoms with Gasteiger partial charge in [-0.1, -0.05) is 43.2 Å². The molecular formula is C26H31N5O2. The Labute approximate surface area is 193 Å². The van der Waals surface area contributed by atoms with Gasteiger partial charge in [0, 0.05) is 38.2 Å². The third-order valence-electron chi connectivity index (χ3n) is 7.78. The maximum Gasteiger partial charge on any atom is 0.277 e. The van der Waals surface area contributed by atoms with Gasteiger partial charge >= 0.3 is 0 Å². The van der Waals surface area contributed by atoms with Crippen molar-refractivity contribution in [2.24, 2.45) is 0 Å². The lowest BCUT2D eigenvalue weighted by Gasteiger charge is -2.32. The van der Waals surface area contributed by atoms with Crippen LogP contribution in [0.4, 0.5) is 0 Å². The summed E-state index contributed by atoms with van der Waals surface area (Å²) in [6, 6.07) is 12.4. The summed E-state index contributed by atoms with van der Waals surface area (Å²) in [7, 11) is 0. The van der Waals surface area contributed by atoms with E-state index in [1.54, 1.807) is 4.52 Å². The van der Waals surface area contributed by atoms with Gasteiger partial charge in [-0.05, 0) is 31.2 Å². The van der Waals surface area contributed by atoms with Gasteiger partial charge in [-0.15, -0.1) is 0 Å². The predicted octanol–water partition coefficient (Wildman–Crippen LogP) is 3.23. The third kappa shape index (κ3) is 3.78. The Morgan fingerprint density at radius 3 is 2.70 bits per heavy atom. The molecule has 0 spiro atoms. The number of carbonyl (C=O) groups excluding carboxylic acids is 1. The first-order valence-corrected chi connectivity index (χ1v) is 12.4. The van der Waals surface area contributed by atoms with Gasteiger partial charge in [-0.25, -0.2) is 9.50 Å². The fraction of sp³-hybridized carbons (Fsp3) is 0.500. The zero-order chi connectivity index (χ0) is 22.4. The number of carbonyl (C=O) groups is 1. The molecule has 7 nitrogen and oxygen atoms in total. The third-order valence-corrected chi connectivity index (χ3v) is 7.78. The first-order valence-electron chi connectivity index (χ1n) is 12.4. The Bertz CT molecular complexity index is 1220. The molecule has 7 heteroatoms. The highest BCUT2D eigenvalue weighted by molar-refractivity contribution is 5.79. The van der Waals surface area contributed by atoms with Crippen LogP contribution in [0.25, 0.3) is 5.65 Å². The molecule has 3 aromatic rings. The van der Waals surface area contributed by atoms with Crippen LogP contribution in [0.3, 0.4) is 0 Å². The monoisotopic (exact) mass is 445 g/mol.